The Morgan fingerprint density at radius 2 is 2.23 bits per heavy atom. The highest BCUT2D eigenvalue weighted by atomic mass is 35.5. The predicted octanol–water partition coefficient (Wildman–Crippen LogP) is 1.92. The third-order valence-corrected chi connectivity index (χ3v) is 1.79. The number of nitrogens with one attached hydrogen (secondary N) is 1. The third kappa shape index (κ3) is 4.29. The highest BCUT2D eigenvalue weighted by Crippen LogP contribution is 2.04. The van der Waals surface area contributed by atoms with Crippen molar-refractivity contribution < 1.29 is 0 Å². The summed E-state index contributed by atoms with van der Waals surface area (Å²) in [6, 6.07) is 0. The maximum absolute atomic E-state index is 5.73. The van der Waals surface area contributed by atoms with Crippen LogP contribution in [0.5, 0.6) is 0 Å². The third-order valence-electron chi connectivity index (χ3n) is 1.60. The van der Waals surface area contributed by atoms with Crippen LogP contribution in [0.25, 0.3) is 0 Å². The van der Waals surface area contributed by atoms with E-state index in [0.717, 1.165) is 13.1 Å². The molecule has 0 aliphatic rings. The first kappa shape index (κ1) is 10.5. The lowest BCUT2D eigenvalue weighted by molar-refractivity contribution is 0.405. The summed E-state index contributed by atoms with van der Waals surface area (Å²) in [6.45, 7) is 8.18. The van der Waals surface area contributed by atoms with Crippen LogP contribution in [0, 0.1) is 0 Å². The molecule has 0 aliphatic carbocycles. The van der Waals surface area contributed by atoms with E-state index in [9.17, 15) is 0 Å². The van der Waals surface area contributed by atoms with Crippen LogP contribution >= 0.6 is 11.6 Å². The summed E-state index contributed by atoms with van der Waals surface area (Å²) in [4.78, 5) is 0. The van der Waals surface area contributed by atoms with Crippen molar-refractivity contribution in [2.24, 2.45) is 0 Å². The molecule has 1 aromatic rings. The molecule has 1 rings (SSSR count). The van der Waals surface area contributed by atoms with Gasteiger partial charge in [0, 0.05) is 18.3 Å². The summed E-state index contributed by atoms with van der Waals surface area (Å²) in [5.74, 6) is 0. The zero-order valence-corrected chi connectivity index (χ0v) is 9.10. The fourth-order valence-corrected chi connectivity index (χ4v) is 1.16. The van der Waals surface area contributed by atoms with Gasteiger partial charge in [-0.1, -0.05) is 11.6 Å². The van der Waals surface area contributed by atoms with Gasteiger partial charge in [-0.05, 0) is 20.8 Å². The number of halogens is 1. The van der Waals surface area contributed by atoms with Crippen LogP contribution in [-0.4, -0.2) is 21.9 Å². The van der Waals surface area contributed by atoms with Gasteiger partial charge in [0.25, 0.3) is 0 Å². The maximum atomic E-state index is 5.73. The minimum atomic E-state index is 0.164. The largest absolute Gasteiger partial charge is 0.310 e. The topological polar surface area (TPSA) is 29.9 Å². The Hall–Kier alpha value is -0.540. The van der Waals surface area contributed by atoms with Crippen molar-refractivity contribution in [1.29, 1.82) is 0 Å². The molecule has 0 spiro atoms. The first-order chi connectivity index (χ1) is 5.97. The van der Waals surface area contributed by atoms with Gasteiger partial charge < -0.3 is 5.32 Å². The van der Waals surface area contributed by atoms with Gasteiger partial charge in [-0.3, -0.25) is 4.68 Å². The van der Waals surface area contributed by atoms with Crippen molar-refractivity contribution >= 4 is 11.6 Å². The lowest BCUT2D eigenvalue weighted by Crippen LogP contribution is -2.37. The normalized spacial score (nSPS) is 12.0. The van der Waals surface area contributed by atoms with Gasteiger partial charge in [-0.15, -0.1) is 0 Å². The molecule has 13 heavy (non-hydrogen) atoms. The highest BCUT2D eigenvalue weighted by Gasteiger charge is 2.07. The molecule has 1 aromatic heterocycles. The molecule has 0 saturated heterocycles. The minimum absolute atomic E-state index is 0.164. The SMILES string of the molecule is CC(C)(C)NCCn1cc(Cl)cn1. The molecule has 0 fully saturated rings. The van der Waals surface area contributed by atoms with E-state index in [1.54, 1.807) is 6.20 Å². The molecule has 4 heteroatoms. The number of nitrogens with zero attached hydrogens (tertiary/aromatic N) is 2. The van der Waals surface area contributed by atoms with E-state index in [1.807, 2.05) is 10.9 Å². The van der Waals surface area contributed by atoms with Crippen LogP contribution < -0.4 is 5.32 Å². The number of aromatic nitrogens is 2. The fourth-order valence-electron chi connectivity index (χ4n) is 1.01. The van der Waals surface area contributed by atoms with Crippen LogP contribution in [0.3, 0.4) is 0 Å². The molecule has 0 aromatic carbocycles. The second-order valence-corrected chi connectivity index (χ2v) is 4.53. The van der Waals surface area contributed by atoms with Crippen LogP contribution in [-0.2, 0) is 6.54 Å². The number of hydrogen-bond donors (Lipinski definition) is 1. The Morgan fingerprint density at radius 3 is 2.69 bits per heavy atom. The van der Waals surface area contributed by atoms with Crippen LogP contribution in [0.15, 0.2) is 12.4 Å². The standard InChI is InChI=1S/C9H16ClN3/c1-9(2,3)11-4-5-13-7-8(10)6-12-13/h6-7,11H,4-5H2,1-3H3. The Labute approximate surface area is 84.1 Å². The van der Waals surface area contributed by atoms with E-state index in [4.69, 9.17) is 11.6 Å². The van der Waals surface area contributed by atoms with Crippen LogP contribution in [0.1, 0.15) is 20.8 Å². The Bertz CT molecular complexity index is 262. The first-order valence-electron chi connectivity index (χ1n) is 4.40. The highest BCUT2D eigenvalue weighted by molar-refractivity contribution is 6.30. The zero-order chi connectivity index (χ0) is 9.90. The predicted molar refractivity (Wildman–Crippen MR) is 55.0 cm³/mol. The number of hydrogen-bond acceptors (Lipinski definition) is 2. The van der Waals surface area contributed by atoms with E-state index in [0.29, 0.717) is 5.02 Å². The van der Waals surface area contributed by atoms with Crippen LogP contribution in [0.2, 0.25) is 5.02 Å². The molecule has 1 heterocycles. The van der Waals surface area contributed by atoms with E-state index < -0.39 is 0 Å². The van der Waals surface area contributed by atoms with Gasteiger partial charge in [0.1, 0.15) is 0 Å². The summed E-state index contributed by atoms with van der Waals surface area (Å²) >= 11 is 5.73. The second-order valence-electron chi connectivity index (χ2n) is 4.10. The molecule has 0 atom stereocenters. The molecule has 0 aliphatic heterocycles. The van der Waals surface area contributed by atoms with Gasteiger partial charge in [0.2, 0.25) is 0 Å². The molecular weight excluding hydrogens is 186 g/mol. The molecule has 74 valence electrons. The summed E-state index contributed by atoms with van der Waals surface area (Å²) < 4.78 is 1.83. The zero-order valence-electron chi connectivity index (χ0n) is 8.34. The van der Waals surface area contributed by atoms with Gasteiger partial charge >= 0.3 is 0 Å². The second kappa shape index (κ2) is 4.11. The van der Waals surface area contributed by atoms with Crippen LogP contribution in [0.4, 0.5) is 0 Å². The van der Waals surface area contributed by atoms with Crippen molar-refractivity contribution in [3.8, 4) is 0 Å². The average molecular weight is 202 g/mol. The van der Waals surface area contributed by atoms with Crippen molar-refractivity contribution in [2.75, 3.05) is 6.54 Å². The monoisotopic (exact) mass is 201 g/mol. The van der Waals surface area contributed by atoms with Gasteiger partial charge in [-0.2, -0.15) is 5.10 Å². The summed E-state index contributed by atoms with van der Waals surface area (Å²) in [7, 11) is 0. The van der Waals surface area contributed by atoms with Gasteiger partial charge in [-0.25, -0.2) is 0 Å². The van der Waals surface area contributed by atoms with Crippen molar-refractivity contribution in [3.63, 3.8) is 0 Å². The van der Waals surface area contributed by atoms with Crippen molar-refractivity contribution in [1.82, 2.24) is 15.1 Å². The summed E-state index contributed by atoms with van der Waals surface area (Å²) in [5, 5.41) is 8.15. The minimum Gasteiger partial charge on any atom is -0.310 e. The Morgan fingerprint density at radius 1 is 1.54 bits per heavy atom. The van der Waals surface area contributed by atoms with E-state index in [-0.39, 0.29) is 5.54 Å². The number of rotatable bonds is 3. The fraction of sp³-hybridized carbons (Fsp3) is 0.667. The molecule has 0 radical (unpaired) electrons. The van der Waals surface area contributed by atoms with Gasteiger partial charge in [0.15, 0.2) is 0 Å². The molecule has 1 N–H and O–H groups in total. The molecule has 0 unspecified atom stereocenters. The van der Waals surface area contributed by atoms with Crippen molar-refractivity contribution in [2.45, 2.75) is 32.9 Å². The average Bonchev–Trinajstić information content (AvgIpc) is 2.33. The molecular formula is C9H16ClN3. The smallest absolute Gasteiger partial charge is 0.0785 e. The molecule has 3 nitrogen and oxygen atoms in total. The maximum Gasteiger partial charge on any atom is 0.0785 e. The Balaban J connectivity index is 2.28. The van der Waals surface area contributed by atoms with E-state index in [2.05, 4.69) is 31.2 Å². The van der Waals surface area contributed by atoms with E-state index >= 15 is 0 Å². The summed E-state index contributed by atoms with van der Waals surface area (Å²) in [6.07, 6.45) is 3.48. The lowest BCUT2D eigenvalue weighted by Gasteiger charge is -2.20. The van der Waals surface area contributed by atoms with Crippen molar-refractivity contribution in [3.05, 3.63) is 17.4 Å². The van der Waals surface area contributed by atoms with E-state index in [1.165, 1.54) is 0 Å². The quantitative estimate of drug-likeness (QED) is 0.810. The molecule has 0 amide bonds. The first-order valence-corrected chi connectivity index (χ1v) is 4.78. The lowest BCUT2D eigenvalue weighted by atomic mass is 10.1. The molecule has 0 saturated carbocycles. The summed E-state index contributed by atoms with van der Waals surface area (Å²) in [5.41, 5.74) is 0.164. The molecule has 0 bridgehead atoms. The van der Waals surface area contributed by atoms with Gasteiger partial charge in [0.05, 0.1) is 17.8 Å². The Kier molecular flexibility index (Phi) is 3.33.